The van der Waals surface area contributed by atoms with Crippen molar-refractivity contribution in [3.8, 4) is 5.75 Å². The number of likely N-dealkylation sites (N-methyl/N-ethyl adjacent to an activating group) is 1. The van der Waals surface area contributed by atoms with Gasteiger partial charge in [0.15, 0.2) is 0 Å². The number of benzene rings is 2. The van der Waals surface area contributed by atoms with Gasteiger partial charge in [0.05, 0.1) is 12.1 Å². The summed E-state index contributed by atoms with van der Waals surface area (Å²) >= 11 is 0. The van der Waals surface area contributed by atoms with Crippen molar-refractivity contribution < 1.29 is 14.3 Å². The van der Waals surface area contributed by atoms with Crippen molar-refractivity contribution in [2.45, 2.75) is 6.92 Å². The molecule has 0 fully saturated rings. The molecule has 5 heteroatoms. The third kappa shape index (κ3) is 3.18. The van der Waals surface area contributed by atoms with Crippen molar-refractivity contribution in [3.05, 3.63) is 59.2 Å². The lowest BCUT2D eigenvalue weighted by Crippen LogP contribution is -2.27. The highest BCUT2D eigenvalue weighted by Gasteiger charge is 2.21. The van der Waals surface area contributed by atoms with E-state index in [9.17, 15) is 9.59 Å². The molecule has 0 bridgehead atoms. The SMILES string of the molecule is Cc1ccc(C(=O)Nc2ccc3c(c2)C(=O)N(C)CCO3)cc1. The van der Waals surface area contributed by atoms with Crippen LogP contribution in [-0.2, 0) is 0 Å². The molecule has 3 rings (SSSR count). The smallest absolute Gasteiger partial charge is 0.257 e. The van der Waals surface area contributed by atoms with Gasteiger partial charge in [-0.25, -0.2) is 0 Å². The summed E-state index contributed by atoms with van der Waals surface area (Å²) in [6.07, 6.45) is 0. The van der Waals surface area contributed by atoms with Crippen molar-refractivity contribution in [2.24, 2.45) is 0 Å². The number of aryl methyl sites for hydroxylation is 1. The number of hydrogen-bond acceptors (Lipinski definition) is 3. The second-order valence-corrected chi connectivity index (χ2v) is 5.61. The van der Waals surface area contributed by atoms with E-state index in [4.69, 9.17) is 4.74 Å². The molecule has 1 N–H and O–H groups in total. The summed E-state index contributed by atoms with van der Waals surface area (Å²) in [7, 11) is 1.73. The van der Waals surface area contributed by atoms with Crippen LogP contribution in [0.15, 0.2) is 42.5 Å². The lowest BCUT2D eigenvalue weighted by molar-refractivity contribution is 0.0796. The van der Waals surface area contributed by atoms with Crippen LogP contribution in [0.4, 0.5) is 5.69 Å². The van der Waals surface area contributed by atoms with Gasteiger partial charge in [0, 0.05) is 18.3 Å². The minimum Gasteiger partial charge on any atom is -0.491 e. The first-order valence-electron chi connectivity index (χ1n) is 7.45. The van der Waals surface area contributed by atoms with Gasteiger partial charge in [-0.2, -0.15) is 0 Å². The monoisotopic (exact) mass is 310 g/mol. The number of carbonyl (C=O) groups excluding carboxylic acids is 2. The van der Waals surface area contributed by atoms with E-state index < -0.39 is 0 Å². The van der Waals surface area contributed by atoms with Gasteiger partial charge in [-0.3, -0.25) is 9.59 Å². The van der Waals surface area contributed by atoms with Gasteiger partial charge in [-0.05, 0) is 37.3 Å². The van der Waals surface area contributed by atoms with Crippen molar-refractivity contribution in [1.29, 1.82) is 0 Å². The molecule has 1 aliphatic heterocycles. The molecule has 0 spiro atoms. The van der Waals surface area contributed by atoms with E-state index in [1.165, 1.54) is 0 Å². The number of fused-ring (bicyclic) bond motifs is 1. The van der Waals surface area contributed by atoms with E-state index in [2.05, 4.69) is 5.32 Å². The number of amides is 2. The maximum absolute atomic E-state index is 12.3. The highest BCUT2D eigenvalue weighted by Crippen LogP contribution is 2.26. The number of ether oxygens (including phenoxy) is 1. The average Bonchev–Trinajstić information content (AvgIpc) is 2.68. The number of rotatable bonds is 2. The fourth-order valence-corrected chi connectivity index (χ4v) is 2.41. The first kappa shape index (κ1) is 15.1. The largest absolute Gasteiger partial charge is 0.491 e. The van der Waals surface area contributed by atoms with E-state index >= 15 is 0 Å². The second-order valence-electron chi connectivity index (χ2n) is 5.61. The Bertz CT molecular complexity index is 753. The fraction of sp³-hybridized carbons (Fsp3) is 0.222. The van der Waals surface area contributed by atoms with Gasteiger partial charge in [0.1, 0.15) is 12.4 Å². The zero-order valence-corrected chi connectivity index (χ0v) is 13.1. The summed E-state index contributed by atoms with van der Waals surface area (Å²) in [5.41, 5.74) is 2.70. The number of anilines is 1. The molecule has 0 unspecified atom stereocenters. The summed E-state index contributed by atoms with van der Waals surface area (Å²) in [6, 6.07) is 12.4. The maximum atomic E-state index is 12.3. The van der Waals surface area contributed by atoms with Crippen LogP contribution < -0.4 is 10.1 Å². The highest BCUT2D eigenvalue weighted by molar-refractivity contribution is 6.05. The van der Waals surface area contributed by atoms with Crippen LogP contribution in [0.3, 0.4) is 0 Å². The Morgan fingerprint density at radius 2 is 1.91 bits per heavy atom. The third-order valence-corrected chi connectivity index (χ3v) is 3.81. The van der Waals surface area contributed by atoms with Crippen LogP contribution in [0.1, 0.15) is 26.3 Å². The molecule has 2 amide bonds. The van der Waals surface area contributed by atoms with Crippen molar-refractivity contribution in [1.82, 2.24) is 4.90 Å². The van der Waals surface area contributed by atoms with Crippen LogP contribution in [0.2, 0.25) is 0 Å². The lowest BCUT2D eigenvalue weighted by atomic mass is 10.1. The number of nitrogens with zero attached hydrogens (tertiary/aromatic N) is 1. The van der Waals surface area contributed by atoms with E-state index in [0.29, 0.717) is 35.7 Å². The predicted octanol–water partition coefficient (Wildman–Crippen LogP) is 2.71. The Balaban J connectivity index is 1.84. The third-order valence-electron chi connectivity index (χ3n) is 3.81. The molecule has 0 aliphatic carbocycles. The van der Waals surface area contributed by atoms with Crippen LogP contribution in [0, 0.1) is 6.92 Å². The van der Waals surface area contributed by atoms with Crippen molar-refractivity contribution >= 4 is 17.5 Å². The molecule has 0 saturated heterocycles. The van der Waals surface area contributed by atoms with E-state index in [1.807, 2.05) is 19.1 Å². The minimum atomic E-state index is -0.208. The van der Waals surface area contributed by atoms with E-state index in [0.717, 1.165) is 5.56 Å². The standard InChI is InChI=1S/C18H18N2O3/c1-12-3-5-13(6-4-12)17(21)19-14-7-8-16-15(11-14)18(22)20(2)9-10-23-16/h3-8,11H,9-10H2,1-2H3,(H,19,21). The Hall–Kier alpha value is -2.82. The lowest BCUT2D eigenvalue weighted by Gasteiger charge is -2.13. The van der Waals surface area contributed by atoms with Gasteiger partial charge in [0.25, 0.3) is 11.8 Å². The van der Waals surface area contributed by atoms with Gasteiger partial charge in [0.2, 0.25) is 0 Å². The molecule has 0 radical (unpaired) electrons. The normalized spacial score (nSPS) is 13.8. The van der Waals surface area contributed by atoms with Crippen LogP contribution in [0.25, 0.3) is 0 Å². The summed E-state index contributed by atoms with van der Waals surface area (Å²) in [5.74, 6) is 0.233. The number of nitrogens with one attached hydrogen (secondary N) is 1. The molecular weight excluding hydrogens is 292 g/mol. The van der Waals surface area contributed by atoms with Gasteiger partial charge < -0.3 is 15.0 Å². The molecule has 118 valence electrons. The second kappa shape index (κ2) is 6.12. The molecular formula is C18H18N2O3. The molecule has 2 aromatic rings. The molecule has 23 heavy (non-hydrogen) atoms. The minimum absolute atomic E-state index is 0.107. The Morgan fingerprint density at radius 3 is 2.65 bits per heavy atom. The highest BCUT2D eigenvalue weighted by atomic mass is 16.5. The zero-order chi connectivity index (χ0) is 16.4. The number of carbonyl (C=O) groups is 2. The van der Waals surface area contributed by atoms with Crippen LogP contribution in [-0.4, -0.2) is 36.9 Å². The average molecular weight is 310 g/mol. The molecule has 0 saturated carbocycles. The summed E-state index contributed by atoms with van der Waals surface area (Å²) < 4.78 is 5.57. The predicted molar refractivity (Wildman–Crippen MR) is 88.0 cm³/mol. The molecule has 5 nitrogen and oxygen atoms in total. The van der Waals surface area contributed by atoms with Gasteiger partial charge in [-0.1, -0.05) is 17.7 Å². The number of hydrogen-bond donors (Lipinski definition) is 1. The molecule has 1 heterocycles. The molecule has 1 aliphatic rings. The summed E-state index contributed by atoms with van der Waals surface area (Å²) in [6.45, 7) is 2.97. The molecule has 2 aromatic carbocycles. The van der Waals surface area contributed by atoms with Gasteiger partial charge in [-0.15, -0.1) is 0 Å². The van der Waals surface area contributed by atoms with Crippen LogP contribution in [0.5, 0.6) is 5.75 Å². The fourth-order valence-electron chi connectivity index (χ4n) is 2.41. The van der Waals surface area contributed by atoms with Crippen LogP contribution >= 0.6 is 0 Å². The van der Waals surface area contributed by atoms with E-state index in [-0.39, 0.29) is 11.8 Å². The summed E-state index contributed by atoms with van der Waals surface area (Å²) in [5, 5.41) is 2.82. The quantitative estimate of drug-likeness (QED) is 0.928. The summed E-state index contributed by atoms with van der Waals surface area (Å²) in [4.78, 5) is 26.2. The Labute approximate surface area is 134 Å². The maximum Gasteiger partial charge on any atom is 0.257 e. The first-order valence-corrected chi connectivity index (χ1v) is 7.45. The van der Waals surface area contributed by atoms with Crippen molar-refractivity contribution in [2.75, 3.05) is 25.5 Å². The molecule has 0 aromatic heterocycles. The van der Waals surface area contributed by atoms with E-state index in [1.54, 1.807) is 42.3 Å². The topological polar surface area (TPSA) is 58.6 Å². The van der Waals surface area contributed by atoms with Crippen molar-refractivity contribution in [3.63, 3.8) is 0 Å². The zero-order valence-electron chi connectivity index (χ0n) is 13.1. The molecule has 0 atom stereocenters. The Morgan fingerprint density at radius 1 is 1.17 bits per heavy atom. The first-order chi connectivity index (χ1) is 11.0. The van der Waals surface area contributed by atoms with Gasteiger partial charge >= 0.3 is 0 Å². The Kier molecular flexibility index (Phi) is 4.02.